The van der Waals surface area contributed by atoms with Gasteiger partial charge in [0.2, 0.25) is 5.91 Å². The predicted molar refractivity (Wildman–Crippen MR) is 93.9 cm³/mol. The Morgan fingerprint density at radius 3 is 2.84 bits per heavy atom. The zero-order valence-corrected chi connectivity index (χ0v) is 14.8. The first-order chi connectivity index (χ1) is 12.0. The number of Topliss-reactive ketones (excluding diaryl/α,β-unsaturated/α-hetero) is 1. The number of ether oxygens (including phenoxy) is 1. The standard InChI is InChI=1S/C19H24N2O4/c1-13-4-3-9-21(11-13)18(23)8-6-16(22)14-5-7-17-15(10-14)20(2)19(24)12-25-17/h5,7,10,13H,3-4,6,8-9,11-12H2,1-2H3. The molecule has 134 valence electrons. The van der Waals surface area contributed by atoms with Gasteiger partial charge in [0, 0.05) is 38.5 Å². The summed E-state index contributed by atoms with van der Waals surface area (Å²) in [5, 5.41) is 0. The molecule has 0 aromatic heterocycles. The van der Waals surface area contributed by atoms with E-state index in [1.807, 2.05) is 4.90 Å². The van der Waals surface area contributed by atoms with Crippen molar-refractivity contribution >= 4 is 23.3 Å². The number of rotatable bonds is 4. The predicted octanol–water partition coefficient (Wildman–Crippen LogP) is 2.26. The Labute approximate surface area is 147 Å². The number of likely N-dealkylation sites (tertiary alicyclic amines) is 1. The molecule has 2 heterocycles. The van der Waals surface area contributed by atoms with E-state index in [0.717, 1.165) is 25.9 Å². The number of hydrogen-bond donors (Lipinski definition) is 0. The highest BCUT2D eigenvalue weighted by atomic mass is 16.5. The SMILES string of the molecule is CC1CCCN(C(=O)CCC(=O)c2ccc3c(c2)N(C)C(=O)CO3)C1. The Bertz CT molecular complexity index is 701. The third-order valence-corrected chi connectivity index (χ3v) is 4.94. The number of hydrogen-bond acceptors (Lipinski definition) is 4. The van der Waals surface area contributed by atoms with E-state index >= 15 is 0 Å². The summed E-state index contributed by atoms with van der Waals surface area (Å²) in [5.74, 6) is 0.937. The number of fused-ring (bicyclic) bond motifs is 1. The monoisotopic (exact) mass is 344 g/mol. The van der Waals surface area contributed by atoms with Crippen molar-refractivity contribution in [3.8, 4) is 5.75 Å². The minimum absolute atomic E-state index is 0.0134. The molecule has 0 aliphatic carbocycles. The van der Waals surface area contributed by atoms with E-state index < -0.39 is 0 Å². The van der Waals surface area contributed by atoms with Crippen molar-refractivity contribution in [3.63, 3.8) is 0 Å². The number of anilines is 1. The fourth-order valence-corrected chi connectivity index (χ4v) is 3.38. The van der Waals surface area contributed by atoms with Crippen molar-refractivity contribution in [2.24, 2.45) is 5.92 Å². The van der Waals surface area contributed by atoms with Crippen LogP contribution in [0.5, 0.6) is 5.75 Å². The number of carbonyl (C=O) groups excluding carboxylic acids is 3. The molecule has 0 spiro atoms. The fraction of sp³-hybridized carbons (Fsp3) is 0.526. The molecule has 2 aliphatic heterocycles. The lowest BCUT2D eigenvalue weighted by Crippen LogP contribution is -2.39. The van der Waals surface area contributed by atoms with Gasteiger partial charge in [-0.3, -0.25) is 14.4 Å². The molecule has 2 aliphatic rings. The Kier molecular flexibility index (Phi) is 5.06. The van der Waals surface area contributed by atoms with Gasteiger partial charge in [-0.1, -0.05) is 6.92 Å². The highest BCUT2D eigenvalue weighted by Crippen LogP contribution is 2.32. The molecule has 0 saturated carbocycles. The Morgan fingerprint density at radius 2 is 2.08 bits per heavy atom. The lowest BCUT2D eigenvalue weighted by Gasteiger charge is -2.31. The second-order valence-corrected chi connectivity index (χ2v) is 6.93. The van der Waals surface area contributed by atoms with Gasteiger partial charge in [0.05, 0.1) is 5.69 Å². The van der Waals surface area contributed by atoms with Crippen molar-refractivity contribution in [1.29, 1.82) is 0 Å². The summed E-state index contributed by atoms with van der Waals surface area (Å²) in [6.45, 7) is 3.74. The molecule has 0 N–H and O–H groups in total. The Morgan fingerprint density at radius 1 is 1.28 bits per heavy atom. The molecule has 2 amide bonds. The summed E-state index contributed by atoms with van der Waals surface area (Å²) in [5.41, 5.74) is 1.10. The van der Waals surface area contributed by atoms with Gasteiger partial charge in [-0.15, -0.1) is 0 Å². The van der Waals surface area contributed by atoms with E-state index in [-0.39, 0.29) is 37.0 Å². The lowest BCUT2D eigenvalue weighted by atomic mass is 9.99. The van der Waals surface area contributed by atoms with Crippen LogP contribution >= 0.6 is 0 Å². The third kappa shape index (κ3) is 3.83. The molecular weight excluding hydrogens is 320 g/mol. The van der Waals surface area contributed by atoms with Gasteiger partial charge >= 0.3 is 0 Å². The average Bonchev–Trinajstić information content (AvgIpc) is 2.62. The summed E-state index contributed by atoms with van der Waals surface area (Å²) >= 11 is 0. The smallest absolute Gasteiger partial charge is 0.264 e. The van der Waals surface area contributed by atoms with E-state index in [4.69, 9.17) is 4.74 Å². The van der Waals surface area contributed by atoms with Crippen LogP contribution in [0.25, 0.3) is 0 Å². The van der Waals surface area contributed by atoms with Gasteiger partial charge in [0.15, 0.2) is 12.4 Å². The van der Waals surface area contributed by atoms with E-state index in [2.05, 4.69) is 6.92 Å². The van der Waals surface area contributed by atoms with Crippen molar-refractivity contribution in [2.75, 3.05) is 31.6 Å². The maximum atomic E-state index is 12.5. The number of piperidine rings is 1. The van der Waals surface area contributed by atoms with Gasteiger partial charge in [-0.2, -0.15) is 0 Å². The fourth-order valence-electron chi connectivity index (χ4n) is 3.38. The van der Waals surface area contributed by atoms with Crippen molar-refractivity contribution < 1.29 is 19.1 Å². The maximum absolute atomic E-state index is 12.5. The second-order valence-electron chi connectivity index (χ2n) is 6.93. The topological polar surface area (TPSA) is 66.9 Å². The van der Waals surface area contributed by atoms with E-state index in [0.29, 0.717) is 22.9 Å². The minimum Gasteiger partial charge on any atom is -0.482 e. The van der Waals surface area contributed by atoms with Crippen LogP contribution in [0.2, 0.25) is 0 Å². The first kappa shape index (κ1) is 17.5. The molecule has 0 bridgehead atoms. The van der Waals surface area contributed by atoms with E-state index in [9.17, 15) is 14.4 Å². The van der Waals surface area contributed by atoms with Crippen LogP contribution in [-0.4, -0.2) is 49.2 Å². The molecule has 0 radical (unpaired) electrons. The number of likely N-dealkylation sites (N-methyl/N-ethyl adjacent to an activating group) is 1. The van der Waals surface area contributed by atoms with Crippen LogP contribution in [0.3, 0.4) is 0 Å². The summed E-state index contributed by atoms with van der Waals surface area (Å²) in [6, 6.07) is 5.07. The normalized spacial score (nSPS) is 20.1. The Hall–Kier alpha value is -2.37. The van der Waals surface area contributed by atoms with Crippen LogP contribution in [0.15, 0.2) is 18.2 Å². The lowest BCUT2D eigenvalue weighted by molar-refractivity contribution is -0.132. The van der Waals surface area contributed by atoms with E-state index in [1.165, 1.54) is 4.90 Å². The van der Waals surface area contributed by atoms with Crippen LogP contribution in [0, 0.1) is 5.92 Å². The molecule has 1 atom stereocenters. The number of ketones is 1. The molecule has 1 fully saturated rings. The van der Waals surface area contributed by atoms with Crippen molar-refractivity contribution in [3.05, 3.63) is 23.8 Å². The zero-order valence-electron chi connectivity index (χ0n) is 14.8. The molecular formula is C19H24N2O4. The van der Waals surface area contributed by atoms with Gasteiger partial charge in [-0.05, 0) is 37.0 Å². The van der Waals surface area contributed by atoms with Crippen LogP contribution in [-0.2, 0) is 9.59 Å². The van der Waals surface area contributed by atoms with Crippen LogP contribution in [0.1, 0.15) is 43.0 Å². The highest BCUT2D eigenvalue weighted by molar-refractivity contribution is 6.02. The molecule has 1 aromatic rings. The molecule has 1 saturated heterocycles. The highest BCUT2D eigenvalue weighted by Gasteiger charge is 2.24. The maximum Gasteiger partial charge on any atom is 0.264 e. The third-order valence-electron chi connectivity index (χ3n) is 4.94. The van der Waals surface area contributed by atoms with Crippen molar-refractivity contribution in [1.82, 2.24) is 4.90 Å². The Balaban J connectivity index is 1.62. The zero-order chi connectivity index (χ0) is 18.0. The van der Waals surface area contributed by atoms with Gasteiger partial charge in [0.1, 0.15) is 5.75 Å². The summed E-state index contributed by atoms with van der Waals surface area (Å²) in [4.78, 5) is 39.8. The minimum atomic E-state index is -0.147. The quantitative estimate of drug-likeness (QED) is 0.786. The second kappa shape index (κ2) is 7.25. The molecule has 25 heavy (non-hydrogen) atoms. The number of nitrogens with zero attached hydrogens (tertiary/aromatic N) is 2. The first-order valence-corrected chi connectivity index (χ1v) is 8.80. The first-order valence-electron chi connectivity index (χ1n) is 8.80. The molecule has 1 aromatic carbocycles. The summed E-state index contributed by atoms with van der Waals surface area (Å²) in [6.07, 6.45) is 2.60. The summed E-state index contributed by atoms with van der Waals surface area (Å²) in [7, 11) is 1.67. The van der Waals surface area contributed by atoms with Gasteiger partial charge in [0.25, 0.3) is 5.91 Å². The number of amides is 2. The van der Waals surface area contributed by atoms with Crippen molar-refractivity contribution in [2.45, 2.75) is 32.6 Å². The molecule has 3 rings (SSSR count). The number of carbonyl (C=O) groups is 3. The van der Waals surface area contributed by atoms with E-state index in [1.54, 1.807) is 25.2 Å². The largest absolute Gasteiger partial charge is 0.482 e. The van der Waals surface area contributed by atoms with Gasteiger partial charge < -0.3 is 14.5 Å². The van der Waals surface area contributed by atoms with Crippen LogP contribution in [0.4, 0.5) is 5.69 Å². The van der Waals surface area contributed by atoms with Crippen LogP contribution < -0.4 is 9.64 Å². The molecule has 6 heteroatoms. The molecule has 1 unspecified atom stereocenters. The molecule has 6 nitrogen and oxygen atoms in total. The average molecular weight is 344 g/mol. The van der Waals surface area contributed by atoms with Gasteiger partial charge in [-0.25, -0.2) is 0 Å². The summed E-state index contributed by atoms with van der Waals surface area (Å²) < 4.78 is 5.37. The number of benzene rings is 1.